The Kier molecular flexibility index (Phi) is 26.4. The van der Waals surface area contributed by atoms with Crippen molar-refractivity contribution in [3.8, 4) is 20.9 Å². The summed E-state index contributed by atoms with van der Waals surface area (Å²) < 4.78 is 0. The van der Waals surface area contributed by atoms with Gasteiger partial charge in [-0.2, -0.15) is 0 Å². The zero-order valence-electron chi connectivity index (χ0n) is 71.3. The number of imide groups is 4. The molecule has 0 N–H and O–H groups in total. The average Bonchev–Trinajstić information content (AvgIpc) is 1.50. The lowest BCUT2D eigenvalue weighted by molar-refractivity contribution is 0.0501. The van der Waals surface area contributed by atoms with Gasteiger partial charge in [0.2, 0.25) is 0 Å². The summed E-state index contributed by atoms with van der Waals surface area (Å²) in [5.41, 5.74) is 5.38. The van der Waals surface area contributed by atoms with Crippen LogP contribution in [0.25, 0.3) is 107 Å². The van der Waals surface area contributed by atoms with E-state index < -0.39 is 0 Å². The van der Waals surface area contributed by atoms with E-state index in [1.807, 2.05) is 72.8 Å². The molecule has 15 rings (SSSR count). The topological polar surface area (TPSA) is 150 Å². The molecule has 0 aliphatic carbocycles. The molecule has 1 aromatic heterocycles. The molecule has 12 nitrogen and oxygen atoms in total. The fourth-order valence-electron chi connectivity index (χ4n) is 21.2. The summed E-state index contributed by atoms with van der Waals surface area (Å²) in [5, 5.41) is 12.1. The van der Waals surface area contributed by atoms with Gasteiger partial charge in [0.1, 0.15) is 0 Å². The van der Waals surface area contributed by atoms with Gasteiger partial charge in [-0.3, -0.25) is 58.0 Å². The molecule has 0 fully saturated rings. The Balaban J connectivity index is 0.965. The Hall–Kier alpha value is -8.94. The first-order valence-electron chi connectivity index (χ1n) is 46.3. The molecule has 0 saturated heterocycles. The molecule has 0 radical (unpaired) electrons. The van der Waals surface area contributed by atoms with E-state index in [1.54, 1.807) is 30.9 Å². The number of carbonyl (C=O) groups is 8. The predicted molar refractivity (Wildman–Crippen MR) is 485 cm³/mol. The summed E-state index contributed by atoms with van der Waals surface area (Å²) in [6.45, 7) is 17.6. The third-order valence-electron chi connectivity index (χ3n) is 27.3. The minimum Gasteiger partial charge on any atom is -0.271 e. The molecule has 13 heteroatoms. The van der Waals surface area contributed by atoms with Crippen molar-refractivity contribution in [2.24, 2.45) is 0 Å². The molecule has 614 valence electrons. The van der Waals surface area contributed by atoms with Gasteiger partial charge in [0.05, 0.1) is 0 Å². The van der Waals surface area contributed by atoms with Crippen molar-refractivity contribution >= 4 is 145 Å². The molecule has 0 unspecified atom stereocenters. The minimum atomic E-state index is -0.309. The highest BCUT2D eigenvalue weighted by atomic mass is 32.1. The van der Waals surface area contributed by atoms with Crippen LogP contribution in [-0.4, -0.2) is 91.0 Å². The normalized spacial score (nSPS) is 14.5. The van der Waals surface area contributed by atoms with Crippen LogP contribution in [0.15, 0.2) is 97.1 Å². The second kappa shape index (κ2) is 37.1. The zero-order valence-corrected chi connectivity index (χ0v) is 72.1. The summed E-state index contributed by atoms with van der Waals surface area (Å²) in [4.78, 5) is 135. The molecular formula is C104H124N4O8S. The van der Waals surface area contributed by atoms with Gasteiger partial charge in [-0.05, 0) is 177 Å². The Labute approximate surface area is 697 Å². The third-order valence-corrected chi connectivity index (χ3v) is 28.5. The van der Waals surface area contributed by atoms with E-state index in [-0.39, 0.29) is 71.4 Å². The van der Waals surface area contributed by atoms with Crippen molar-refractivity contribution in [2.75, 3.05) is 0 Å². The maximum atomic E-state index is 16.4. The van der Waals surface area contributed by atoms with Gasteiger partial charge >= 0.3 is 0 Å². The Morgan fingerprint density at radius 1 is 0.197 bits per heavy atom. The van der Waals surface area contributed by atoms with Gasteiger partial charge < -0.3 is 0 Å². The largest absolute Gasteiger partial charge is 0.271 e. The molecule has 0 bridgehead atoms. The van der Waals surface area contributed by atoms with Crippen LogP contribution in [0, 0.1) is 0 Å². The van der Waals surface area contributed by atoms with Crippen LogP contribution in [0.4, 0.5) is 0 Å². The second-order valence-electron chi connectivity index (χ2n) is 35.2. The van der Waals surface area contributed by atoms with E-state index in [0.29, 0.717) is 91.7 Å². The number of unbranched alkanes of at least 4 members (excludes halogenated alkanes) is 24. The van der Waals surface area contributed by atoms with Crippen molar-refractivity contribution in [3.05, 3.63) is 142 Å². The van der Waals surface area contributed by atoms with Crippen molar-refractivity contribution in [1.29, 1.82) is 0 Å². The van der Waals surface area contributed by atoms with Gasteiger partial charge in [-0.15, -0.1) is 11.3 Å². The number of hydrogen-bond donors (Lipinski definition) is 0. The molecule has 0 spiro atoms. The van der Waals surface area contributed by atoms with E-state index in [1.165, 1.54) is 0 Å². The monoisotopic (exact) mass is 1590 g/mol. The number of amides is 8. The number of hydrogen-bond acceptors (Lipinski definition) is 9. The zero-order chi connectivity index (χ0) is 81.7. The quantitative estimate of drug-likeness (QED) is 0.0158. The second-order valence-corrected chi connectivity index (χ2v) is 36.2. The van der Waals surface area contributed by atoms with Crippen molar-refractivity contribution in [3.63, 3.8) is 0 Å². The fraction of sp³-hybridized carbons (Fsp3) is 0.500. The lowest BCUT2D eigenvalue weighted by atomic mass is 9.80. The Bertz CT molecular complexity index is 5160. The highest BCUT2D eigenvalue weighted by molar-refractivity contribution is 7.19. The predicted octanol–water partition coefficient (Wildman–Crippen LogP) is 28.8. The molecular weight excluding hydrogens is 1470 g/mol. The number of rotatable bonds is 46. The van der Waals surface area contributed by atoms with E-state index >= 15 is 38.4 Å². The molecule has 0 saturated carbocycles. The van der Waals surface area contributed by atoms with Crippen molar-refractivity contribution in [1.82, 2.24) is 19.6 Å². The van der Waals surface area contributed by atoms with E-state index in [2.05, 4.69) is 79.7 Å². The highest BCUT2D eigenvalue weighted by Crippen LogP contribution is 2.55. The van der Waals surface area contributed by atoms with Gasteiger partial charge in [0.15, 0.2) is 0 Å². The van der Waals surface area contributed by atoms with E-state index in [0.717, 1.165) is 317 Å². The maximum Gasteiger partial charge on any atom is 0.261 e. The molecule has 0 atom stereocenters. The molecule has 8 amide bonds. The molecule has 5 heterocycles. The SMILES string of the molecule is CCCCCCC(CCCCCC)N1C(=O)c2ccc3c4ccc5c6c(cc(-c7ccc(-c8cc9c%10c(ccc%11c%12ccc%13c%14c(ccc(c8c%10%11)c%14%12)C(=O)N(C(CCCCCC)CCCCCC)C%13=O)C(=O)N(C(CCCCCC)CCCCCC)C9=O)s7)c(c7ccc(c2c37)C1=O)c64)C(=O)N(C(CCCCCC)CCCCCC)C5=O. The third kappa shape index (κ3) is 15.3. The summed E-state index contributed by atoms with van der Waals surface area (Å²) in [6.07, 6.45) is 38.6. The first-order valence-corrected chi connectivity index (χ1v) is 47.1. The van der Waals surface area contributed by atoms with Crippen LogP contribution in [-0.2, 0) is 0 Å². The number of nitrogens with zero attached hydrogens (tertiary/aromatic N) is 4. The maximum absolute atomic E-state index is 16.4. The van der Waals surface area contributed by atoms with Crippen LogP contribution < -0.4 is 0 Å². The number of fused-ring (bicyclic) bond motifs is 4. The number of benzene rings is 10. The van der Waals surface area contributed by atoms with Crippen LogP contribution in [0.5, 0.6) is 0 Å². The number of carbonyl (C=O) groups excluding carboxylic acids is 8. The molecule has 4 aliphatic heterocycles. The summed E-state index contributed by atoms with van der Waals surface area (Å²) in [5.74, 6) is -2.26. The summed E-state index contributed by atoms with van der Waals surface area (Å²) >= 11 is 1.56. The lowest BCUT2D eigenvalue weighted by Crippen LogP contribution is -2.47. The highest BCUT2D eigenvalue weighted by Gasteiger charge is 2.45. The fourth-order valence-corrected chi connectivity index (χ4v) is 22.3. The van der Waals surface area contributed by atoms with Crippen LogP contribution >= 0.6 is 11.3 Å². The lowest BCUT2D eigenvalue weighted by Gasteiger charge is -2.36. The smallest absolute Gasteiger partial charge is 0.261 e. The first-order chi connectivity index (χ1) is 57.2. The molecule has 4 aliphatic rings. The van der Waals surface area contributed by atoms with Crippen LogP contribution in [0.3, 0.4) is 0 Å². The van der Waals surface area contributed by atoms with E-state index in [9.17, 15) is 0 Å². The summed E-state index contributed by atoms with van der Waals surface area (Å²) in [7, 11) is 0. The molecule has 11 aromatic rings. The van der Waals surface area contributed by atoms with Gasteiger partial charge in [0.25, 0.3) is 47.3 Å². The first kappa shape index (κ1) is 83.1. The van der Waals surface area contributed by atoms with Gasteiger partial charge in [-0.1, -0.05) is 297 Å². The van der Waals surface area contributed by atoms with Gasteiger partial charge in [-0.25, -0.2) is 0 Å². The van der Waals surface area contributed by atoms with Crippen molar-refractivity contribution < 1.29 is 38.4 Å². The van der Waals surface area contributed by atoms with E-state index in [4.69, 9.17) is 0 Å². The standard InChI is InChI=1S/C104H124N4O8S/c1-9-17-25-33-41-65(42-34-26-18-10-2)105-97(109)75-55-49-69-71-51-57-79-93-83(103(115)107(101(79)113)67(45-37-29-21-13-5)46-38-30-22-14-6)63-81(89(95(71)93)73-53-59-77(99(105)111)91(75)87(69)73)85-61-62-86(117-85)82-64-84-94-80(102(114)108(104(84)116)68(47-39-31-23-15-7)48-40-32-24-16-8)58-52-72-70-50-56-76-92-78(60-54-74(88(70)92)90(82)96(72)94)100(112)106(98(76)110)66(43-35-27-19-11-3)44-36-28-20-12-4/h49-68H,9-48H2,1-8H3. The minimum absolute atomic E-state index is 0.246. The van der Waals surface area contributed by atoms with Gasteiger partial charge in [0, 0.05) is 111 Å². The Morgan fingerprint density at radius 3 is 0.615 bits per heavy atom. The Morgan fingerprint density at radius 2 is 0.393 bits per heavy atom. The van der Waals surface area contributed by atoms with Crippen molar-refractivity contribution in [2.45, 2.75) is 336 Å². The van der Waals surface area contributed by atoms with Crippen LogP contribution in [0.2, 0.25) is 0 Å². The summed E-state index contributed by atoms with van der Waals surface area (Å²) in [6, 6.07) is 31.1. The molecule has 10 aromatic carbocycles. The average molecular weight is 1590 g/mol. The van der Waals surface area contributed by atoms with Crippen LogP contribution in [0.1, 0.15) is 395 Å². The molecule has 117 heavy (non-hydrogen) atoms. The number of thiophene rings is 1.